The van der Waals surface area contributed by atoms with E-state index in [-0.39, 0.29) is 11.6 Å². The van der Waals surface area contributed by atoms with Crippen molar-refractivity contribution in [2.75, 3.05) is 16.3 Å². The predicted molar refractivity (Wildman–Crippen MR) is 106 cm³/mol. The van der Waals surface area contributed by atoms with Crippen LogP contribution in [0.4, 0.5) is 11.4 Å². The number of carbonyl (C=O) groups is 1. The van der Waals surface area contributed by atoms with Crippen molar-refractivity contribution in [3.05, 3.63) is 84.4 Å². The first kappa shape index (κ1) is 18.5. The van der Waals surface area contributed by atoms with Crippen LogP contribution < -0.4 is 14.8 Å². The quantitative estimate of drug-likeness (QED) is 0.672. The molecular formula is C20H18N2O4S. The van der Waals surface area contributed by atoms with Crippen molar-refractivity contribution in [1.29, 1.82) is 0 Å². The van der Waals surface area contributed by atoms with E-state index in [0.29, 0.717) is 22.7 Å². The average Bonchev–Trinajstić information content (AvgIpc) is 2.64. The van der Waals surface area contributed by atoms with Gasteiger partial charge in [-0.2, -0.15) is 0 Å². The number of ether oxygens (including phenoxy) is 1. The lowest BCUT2D eigenvalue weighted by molar-refractivity contribution is 0.102. The summed E-state index contributed by atoms with van der Waals surface area (Å²) in [6.07, 6.45) is 1.05. The lowest BCUT2D eigenvalue weighted by Gasteiger charge is -2.14. The fourth-order valence-corrected chi connectivity index (χ4v) is 2.94. The zero-order valence-electron chi connectivity index (χ0n) is 14.5. The summed E-state index contributed by atoms with van der Waals surface area (Å²) in [6.45, 7) is 0. The molecule has 0 unspecified atom stereocenters. The summed E-state index contributed by atoms with van der Waals surface area (Å²) in [5.41, 5.74) is 1.17. The molecule has 6 nitrogen and oxygen atoms in total. The number of carbonyl (C=O) groups excluding carboxylic acids is 1. The molecule has 0 aromatic heterocycles. The molecule has 138 valence electrons. The van der Waals surface area contributed by atoms with Gasteiger partial charge in [0.15, 0.2) is 5.75 Å². The van der Waals surface area contributed by atoms with E-state index < -0.39 is 10.0 Å². The predicted octanol–water partition coefficient (Wildman–Crippen LogP) is 4.10. The highest BCUT2D eigenvalue weighted by Crippen LogP contribution is 2.32. The fourth-order valence-electron chi connectivity index (χ4n) is 2.38. The van der Waals surface area contributed by atoms with Gasteiger partial charge in [0.25, 0.3) is 5.91 Å². The Balaban J connectivity index is 1.88. The van der Waals surface area contributed by atoms with Crippen LogP contribution >= 0.6 is 0 Å². The number of nitrogens with one attached hydrogen (secondary N) is 2. The van der Waals surface area contributed by atoms with E-state index in [9.17, 15) is 13.2 Å². The molecule has 0 fully saturated rings. The Morgan fingerprint density at radius 3 is 2.15 bits per heavy atom. The Labute approximate surface area is 157 Å². The van der Waals surface area contributed by atoms with Gasteiger partial charge in [-0.05, 0) is 42.5 Å². The SMILES string of the molecule is CS(=O)(=O)Nc1cc(NC(=O)c2ccccc2)ccc1Oc1ccccc1. The Kier molecular flexibility index (Phi) is 5.42. The second kappa shape index (κ2) is 7.92. The molecule has 27 heavy (non-hydrogen) atoms. The maximum Gasteiger partial charge on any atom is 0.255 e. The monoisotopic (exact) mass is 382 g/mol. The average molecular weight is 382 g/mol. The summed E-state index contributed by atoms with van der Waals surface area (Å²) in [5.74, 6) is 0.595. The van der Waals surface area contributed by atoms with Gasteiger partial charge in [0.05, 0.1) is 11.9 Å². The van der Waals surface area contributed by atoms with Crippen molar-refractivity contribution in [2.24, 2.45) is 0 Å². The van der Waals surface area contributed by atoms with Crippen LogP contribution in [-0.2, 0) is 10.0 Å². The molecule has 0 radical (unpaired) electrons. The van der Waals surface area contributed by atoms with Crippen LogP contribution in [0.25, 0.3) is 0 Å². The molecule has 2 N–H and O–H groups in total. The van der Waals surface area contributed by atoms with E-state index in [0.717, 1.165) is 6.26 Å². The highest BCUT2D eigenvalue weighted by atomic mass is 32.2. The third kappa shape index (κ3) is 5.32. The summed E-state index contributed by atoms with van der Waals surface area (Å²) in [6, 6.07) is 22.5. The second-order valence-electron chi connectivity index (χ2n) is 5.82. The third-order valence-corrected chi connectivity index (χ3v) is 4.13. The Morgan fingerprint density at radius 2 is 1.52 bits per heavy atom. The highest BCUT2D eigenvalue weighted by molar-refractivity contribution is 7.92. The number of rotatable bonds is 6. The molecule has 3 aromatic carbocycles. The second-order valence-corrected chi connectivity index (χ2v) is 7.57. The van der Waals surface area contributed by atoms with E-state index in [1.807, 2.05) is 24.3 Å². The summed E-state index contributed by atoms with van der Waals surface area (Å²) in [7, 11) is -3.53. The minimum Gasteiger partial charge on any atom is -0.455 e. The van der Waals surface area contributed by atoms with E-state index >= 15 is 0 Å². The first-order valence-electron chi connectivity index (χ1n) is 8.12. The molecule has 0 aliphatic carbocycles. The molecule has 3 rings (SSSR count). The van der Waals surface area contributed by atoms with Gasteiger partial charge in [0.1, 0.15) is 5.75 Å². The minimum absolute atomic E-state index is 0.229. The van der Waals surface area contributed by atoms with Crippen LogP contribution in [-0.4, -0.2) is 20.6 Å². The highest BCUT2D eigenvalue weighted by Gasteiger charge is 2.13. The lowest BCUT2D eigenvalue weighted by atomic mass is 10.2. The standard InChI is InChI=1S/C20H18N2O4S/c1-27(24,25)22-18-14-16(21-20(23)15-8-4-2-5-9-15)12-13-19(18)26-17-10-6-3-7-11-17/h2-14,22H,1H3,(H,21,23). The number of amides is 1. The van der Waals surface area contributed by atoms with Crippen molar-refractivity contribution < 1.29 is 17.9 Å². The Morgan fingerprint density at radius 1 is 0.889 bits per heavy atom. The molecule has 0 saturated heterocycles. The molecule has 7 heteroatoms. The maximum atomic E-state index is 12.3. The number of anilines is 2. The first-order valence-corrected chi connectivity index (χ1v) is 10.0. The summed E-state index contributed by atoms with van der Waals surface area (Å²) in [4.78, 5) is 12.3. The van der Waals surface area contributed by atoms with Crippen molar-refractivity contribution in [3.63, 3.8) is 0 Å². The molecular weight excluding hydrogens is 364 g/mol. The van der Waals surface area contributed by atoms with Crippen LogP contribution in [0.5, 0.6) is 11.5 Å². The number of hydrogen-bond donors (Lipinski definition) is 2. The van der Waals surface area contributed by atoms with Crippen molar-refractivity contribution >= 4 is 27.3 Å². The van der Waals surface area contributed by atoms with Gasteiger partial charge in [-0.15, -0.1) is 0 Å². The number of para-hydroxylation sites is 1. The van der Waals surface area contributed by atoms with E-state index in [1.54, 1.807) is 48.5 Å². The van der Waals surface area contributed by atoms with Crippen molar-refractivity contribution in [2.45, 2.75) is 0 Å². The largest absolute Gasteiger partial charge is 0.455 e. The van der Waals surface area contributed by atoms with E-state index in [4.69, 9.17) is 4.74 Å². The van der Waals surface area contributed by atoms with Gasteiger partial charge in [-0.3, -0.25) is 9.52 Å². The minimum atomic E-state index is -3.53. The number of benzene rings is 3. The van der Waals surface area contributed by atoms with Crippen LogP contribution in [0.2, 0.25) is 0 Å². The van der Waals surface area contributed by atoms with Crippen LogP contribution in [0.1, 0.15) is 10.4 Å². The van der Waals surface area contributed by atoms with Crippen LogP contribution in [0.15, 0.2) is 78.9 Å². The number of hydrogen-bond acceptors (Lipinski definition) is 4. The van der Waals surface area contributed by atoms with Gasteiger partial charge < -0.3 is 10.1 Å². The maximum absolute atomic E-state index is 12.3. The fraction of sp³-hybridized carbons (Fsp3) is 0.0500. The van der Waals surface area contributed by atoms with E-state index in [1.165, 1.54) is 6.07 Å². The molecule has 0 aliphatic rings. The molecule has 3 aromatic rings. The van der Waals surface area contributed by atoms with Crippen molar-refractivity contribution in [3.8, 4) is 11.5 Å². The molecule has 0 spiro atoms. The third-order valence-electron chi connectivity index (χ3n) is 3.54. The van der Waals surface area contributed by atoms with Gasteiger partial charge in [0.2, 0.25) is 10.0 Å². The molecule has 0 saturated carbocycles. The zero-order chi connectivity index (χ0) is 19.3. The van der Waals surface area contributed by atoms with Gasteiger partial charge in [-0.25, -0.2) is 8.42 Å². The molecule has 1 amide bonds. The summed E-state index contributed by atoms with van der Waals surface area (Å²) >= 11 is 0. The smallest absolute Gasteiger partial charge is 0.255 e. The Bertz CT molecular complexity index is 1040. The lowest BCUT2D eigenvalue weighted by Crippen LogP contribution is -2.13. The summed E-state index contributed by atoms with van der Waals surface area (Å²) in [5, 5.41) is 2.75. The van der Waals surface area contributed by atoms with Crippen LogP contribution in [0.3, 0.4) is 0 Å². The number of sulfonamides is 1. The van der Waals surface area contributed by atoms with Crippen LogP contribution in [0, 0.1) is 0 Å². The molecule has 0 aliphatic heterocycles. The zero-order valence-corrected chi connectivity index (χ0v) is 15.4. The topological polar surface area (TPSA) is 84.5 Å². The first-order chi connectivity index (χ1) is 12.9. The molecule has 0 bridgehead atoms. The molecule has 0 heterocycles. The molecule has 0 atom stereocenters. The van der Waals surface area contributed by atoms with Gasteiger partial charge in [-0.1, -0.05) is 36.4 Å². The summed E-state index contributed by atoms with van der Waals surface area (Å²) < 4.78 is 31.6. The van der Waals surface area contributed by atoms with Gasteiger partial charge in [0, 0.05) is 11.3 Å². The normalized spacial score (nSPS) is 10.9. The Hall–Kier alpha value is -3.32. The van der Waals surface area contributed by atoms with Gasteiger partial charge >= 0.3 is 0 Å². The van der Waals surface area contributed by atoms with E-state index in [2.05, 4.69) is 10.0 Å². The van der Waals surface area contributed by atoms with Crippen molar-refractivity contribution in [1.82, 2.24) is 0 Å².